The van der Waals surface area contributed by atoms with Crippen molar-refractivity contribution in [2.24, 2.45) is 0 Å². The highest BCUT2D eigenvalue weighted by Gasteiger charge is 2.34. The van der Waals surface area contributed by atoms with E-state index in [0.717, 1.165) is 18.5 Å². The fraction of sp³-hybridized carbons (Fsp3) is 0.250. The van der Waals surface area contributed by atoms with E-state index >= 15 is 0 Å². The molecule has 1 amide bonds. The summed E-state index contributed by atoms with van der Waals surface area (Å²) in [6, 6.07) is 10.5. The van der Waals surface area contributed by atoms with Gasteiger partial charge in [0.15, 0.2) is 19.4 Å². The van der Waals surface area contributed by atoms with E-state index < -0.39 is 0 Å². The Morgan fingerprint density at radius 3 is 2.96 bits per heavy atom. The van der Waals surface area contributed by atoms with E-state index in [4.69, 9.17) is 16.0 Å². The van der Waals surface area contributed by atoms with Gasteiger partial charge in [0.2, 0.25) is 0 Å². The van der Waals surface area contributed by atoms with Gasteiger partial charge in [-0.15, -0.1) is 15.0 Å². The fourth-order valence-corrected chi connectivity index (χ4v) is 3.22. The smallest absolute Gasteiger partial charge is 0.290 e. The van der Waals surface area contributed by atoms with Gasteiger partial charge in [-0.25, -0.2) is 0 Å². The van der Waals surface area contributed by atoms with Crippen LogP contribution in [0, 0.1) is 0 Å². The molecule has 0 aliphatic carbocycles. The first kappa shape index (κ1) is 15.9. The van der Waals surface area contributed by atoms with Gasteiger partial charge in [0.05, 0.1) is 17.4 Å². The second-order valence-electron chi connectivity index (χ2n) is 5.98. The topological polar surface area (TPSA) is 77.1 Å². The Balaban J connectivity index is 1.60. The van der Waals surface area contributed by atoms with Gasteiger partial charge >= 0.3 is 0 Å². The number of aromatic nitrogens is 4. The second kappa shape index (κ2) is 6.36. The van der Waals surface area contributed by atoms with Crippen LogP contribution in [0.25, 0.3) is 5.69 Å². The summed E-state index contributed by atoms with van der Waals surface area (Å²) in [5.74, 6) is 0.718. The van der Waals surface area contributed by atoms with Gasteiger partial charge in [0, 0.05) is 11.6 Å². The molecule has 1 atom stereocenters. The molecular weight excluding hydrogens is 340 g/mol. The zero-order chi connectivity index (χ0) is 17.4. The number of tetrazole rings is 1. The molecule has 25 heavy (non-hydrogen) atoms. The third kappa shape index (κ3) is 3.05. The molecule has 1 aliphatic rings. The van der Waals surface area contributed by atoms with Crippen molar-refractivity contribution in [2.45, 2.75) is 18.9 Å². The van der Waals surface area contributed by atoms with Crippen molar-refractivity contribution in [3.63, 3.8) is 0 Å². The van der Waals surface area contributed by atoms with E-state index in [2.05, 4.69) is 15.4 Å². The Morgan fingerprint density at radius 1 is 1.32 bits per heavy atom. The third-order valence-corrected chi connectivity index (χ3v) is 4.47. The van der Waals surface area contributed by atoms with Crippen LogP contribution in [-0.4, -0.2) is 45.4 Å². The third-order valence-electron chi connectivity index (χ3n) is 4.23. The Bertz CT molecular complexity index is 925. The molecule has 1 saturated heterocycles. The van der Waals surface area contributed by atoms with Crippen LogP contribution in [0.15, 0.2) is 40.8 Å². The van der Waals surface area contributed by atoms with Crippen LogP contribution in [-0.2, 0) is 0 Å². The number of hydrogen-bond acceptors (Lipinski definition) is 5. The van der Waals surface area contributed by atoms with E-state index in [-0.39, 0.29) is 11.9 Å². The van der Waals surface area contributed by atoms with Crippen LogP contribution in [0.2, 0.25) is 5.02 Å². The summed E-state index contributed by atoms with van der Waals surface area (Å²) in [7, 11) is 1.82. The number of rotatable bonds is 3. The van der Waals surface area contributed by atoms with Crippen molar-refractivity contribution < 1.29 is 9.21 Å². The molecule has 0 spiro atoms. The molecule has 4 rings (SSSR count). The minimum atomic E-state index is -0.203. The minimum absolute atomic E-state index is 0.144. The van der Waals surface area contributed by atoms with E-state index in [9.17, 15) is 4.79 Å². The highest BCUT2D eigenvalue weighted by atomic mass is 35.5. The zero-order valence-corrected chi connectivity index (χ0v) is 14.3. The largest absolute Gasteiger partial charge is 0.467 e. The number of carbonyl (C=O) groups is 1. The monoisotopic (exact) mass is 355 g/mol. The molecule has 0 radical (unpaired) electrons. The van der Waals surface area contributed by atoms with Crippen molar-refractivity contribution in [1.29, 1.82) is 0 Å². The predicted octanol–water partition coefficient (Wildman–Crippen LogP) is 1.14. The lowest BCUT2D eigenvalue weighted by atomic mass is 10.1. The second-order valence-corrected chi connectivity index (χ2v) is 6.42. The van der Waals surface area contributed by atoms with Gasteiger partial charge in [-0.2, -0.15) is 0 Å². The molecular formula is C16H15BClN5O2. The van der Waals surface area contributed by atoms with Crippen molar-refractivity contribution in [1.82, 2.24) is 25.1 Å². The highest BCUT2D eigenvalue weighted by Crippen LogP contribution is 2.31. The van der Waals surface area contributed by atoms with Gasteiger partial charge in [0.25, 0.3) is 5.91 Å². The Hall–Kier alpha value is -2.61. The molecule has 0 saturated carbocycles. The van der Waals surface area contributed by atoms with E-state index in [1.54, 1.807) is 29.2 Å². The Labute approximate surface area is 150 Å². The lowest BCUT2D eigenvalue weighted by Crippen LogP contribution is -2.31. The number of amides is 1. The number of nitrogens with zero attached hydrogens (tertiary/aromatic N) is 5. The van der Waals surface area contributed by atoms with Crippen molar-refractivity contribution in [3.05, 3.63) is 53.0 Å². The summed E-state index contributed by atoms with van der Waals surface area (Å²) in [5.41, 5.74) is 1.44. The molecule has 126 valence electrons. The number of carbonyl (C=O) groups excluding carboxylic acids is 1. The standard InChI is InChI=1S/C16H15BClN5O2/c17-14-7-6-13(25-14)16(24)22-8-2-5-12(22)15-19-21-23(20-15)11-4-1-3-10(18)9-11/h1,3-4,6-7,9,12H,2,5,8,17H2. The van der Waals surface area contributed by atoms with Crippen LogP contribution < -0.4 is 5.66 Å². The number of furan rings is 1. The van der Waals surface area contributed by atoms with Crippen LogP contribution >= 0.6 is 11.6 Å². The van der Waals surface area contributed by atoms with Crippen molar-refractivity contribution in [2.75, 3.05) is 6.54 Å². The summed E-state index contributed by atoms with van der Waals surface area (Å²) in [6.07, 6.45) is 1.69. The van der Waals surface area contributed by atoms with Crippen LogP contribution in [0.3, 0.4) is 0 Å². The average Bonchev–Trinajstić information content (AvgIpc) is 3.34. The lowest BCUT2D eigenvalue weighted by molar-refractivity contribution is 0.0699. The maximum absolute atomic E-state index is 12.7. The quantitative estimate of drug-likeness (QED) is 0.659. The first-order valence-corrected chi connectivity index (χ1v) is 8.43. The Morgan fingerprint density at radius 2 is 2.20 bits per heavy atom. The van der Waals surface area contributed by atoms with Crippen LogP contribution in [0.5, 0.6) is 0 Å². The molecule has 2 aromatic heterocycles. The highest BCUT2D eigenvalue weighted by molar-refractivity contribution is 6.30. The zero-order valence-electron chi connectivity index (χ0n) is 13.6. The molecule has 9 heteroatoms. The maximum atomic E-state index is 12.7. The molecule has 3 heterocycles. The molecule has 1 fully saturated rings. The van der Waals surface area contributed by atoms with Gasteiger partial charge in [0.1, 0.15) is 0 Å². The summed E-state index contributed by atoms with van der Waals surface area (Å²) in [5, 5.41) is 13.3. The minimum Gasteiger partial charge on any atom is -0.467 e. The summed E-state index contributed by atoms with van der Waals surface area (Å²) in [4.78, 5) is 15.9. The molecule has 1 unspecified atom stereocenters. The van der Waals surface area contributed by atoms with Crippen molar-refractivity contribution in [3.8, 4) is 5.69 Å². The van der Waals surface area contributed by atoms with Gasteiger partial charge in [-0.1, -0.05) is 17.7 Å². The van der Waals surface area contributed by atoms with E-state index in [1.807, 2.05) is 20.0 Å². The SMILES string of the molecule is Bc1ccc(C(=O)N2CCCC2c2nnn(-c3cccc(Cl)c3)n2)o1. The van der Waals surface area contributed by atoms with Gasteiger partial charge < -0.3 is 9.32 Å². The molecule has 1 aliphatic heterocycles. The summed E-state index contributed by atoms with van der Waals surface area (Å²) in [6.45, 7) is 0.648. The summed E-state index contributed by atoms with van der Waals surface area (Å²) < 4.78 is 5.46. The van der Waals surface area contributed by atoms with Crippen LogP contribution in [0.4, 0.5) is 0 Å². The number of benzene rings is 1. The first-order valence-electron chi connectivity index (χ1n) is 8.05. The molecule has 1 aromatic carbocycles. The number of hydrogen-bond donors (Lipinski definition) is 0. The molecule has 0 bridgehead atoms. The fourth-order valence-electron chi connectivity index (χ4n) is 3.04. The maximum Gasteiger partial charge on any atom is 0.290 e. The van der Waals surface area contributed by atoms with Gasteiger partial charge in [-0.3, -0.25) is 4.79 Å². The predicted molar refractivity (Wildman–Crippen MR) is 94.1 cm³/mol. The normalized spacial score (nSPS) is 17.2. The first-order chi connectivity index (χ1) is 12.1. The van der Waals surface area contributed by atoms with Gasteiger partial charge in [-0.05, 0) is 48.4 Å². The summed E-state index contributed by atoms with van der Waals surface area (Å²) >= 11 is 6.01. The lowest BCUT2D eigenvalue weighted by Gasteiger charge is -2.20. The Kier molecular flexibility index (Phi) is 4.05. The van der Waals surface area contributed by atoms with Crippen LogP contribution in [0.1, 0.15) is 35.3 Å². The molecule has 0 N–H and O–H groups in total. The molecule has 3 aromatic rings. The van der Waals surface area contributed by atoms with E-state index in [1.165, 1.54) is 4.80 Å². The van der Waals surface area contributed by atoms with Crippen molar-refractivity contribution >= 4 is 31.0 Å². The number of likely N-dealkylation sites (tertiary alicyclic amines) is 1. The van der Waals surface area contributed by atoms with E-state index in [0.29, 0.717) is 28.8 Å². The average molecular weight is 356 g/mol. The number of halogens is 1. The molecule has 7 nitrogen and oxygen atoms in total.